The van der Waals surface area contributed by atoms with Crippen LogP contribution in [0.1, 0.15) is 10.4 Å². The number of nitrogens with one attached hydrogen (secondary N) is 1. The first-order chi connectivity index (χ1) is 7.74. The Bertz CT molecular complexity index is 398. The van der Waals surface area contributed by atoms with Crippen LogP contribution in [-0.4, -0.2) is 29.1 Å². The third-order valence-corrected chi connectivity index (χ3v) is 2.69. The number of carbonyl (C=O) groups excluding carboxylic acids is 1. The second-order valence-electron chi connectivity index (χ2n) is 3.06. The molecule has 0 saturated heterocycles. The first-order valence-corrected chi connectivity index (χ1v) is 5.98. The minimum Gasteiger partial charge on any atom is -0.508 e. The number of benzene rings is 1. The molecule has 0 atom stereocenters. The summed E-state index contributed by atoms with van der Waals surface area (Å²) in [7, 11) is 0. The fraction of sp³-hybridized carbons (Fsp3) is 0.250. The van der Waals surface area contributed by atoms with Gasteiger partial charge in [-0.3, -0.25) is 4.79 Å². The van der Waals surface area contributed by atoms with Crippen LogP contribution in [0.3, 0.4) is 0 Å². The molecule has 84 valence electrons. The molecule has 0 aliphatic heterocycles. The van der Waals surface area contributed by atoms with Crippen molar-refractivity contribution in [1.82, 2.24) is 5.32 Å². The van der Waals surface area contributed by atoms with Gasteiger partial charge in [0.1, 0.15) is 5.75 Å². The van der Waals surface area contributed by atoms with Crippen LogP contribution < -0.4 is 5.32 Å². The first-order valence-electron chi connectivity index (χ1n) is 4.82. The SMILES string of the molecule is C#CCSCCNC(=O)c1cccc(O)c1. The van der Waals surface area contributed by atoms with Gasteiger partial charge in [-0.2, -0.15) is 0 Å². The largest absolute Gasteiger partial charge is 0.508 e. The normalized spacial score (nSPS) is 9.44. The van der Waals surface area contributed by atoms with E-state index in [0.717, 1.165) is 5.75 Å². The number of aromatic hydroxyl groups is 1. The van der Waals surface area contributed by atoms with Gasteiger partial charge in [-0.15, -0.1) is 18.2 Å². The number of amides is 1. The van der Waals surface area contributed by atoms with Gasteiger partial charge >= 0.3 is 0 Å². The third kappa shape index (κ3) is 4.28. The maximum Gasteiger partial charge on any atom is 0.251 e. The van der Waals surface area contributed by atoms with Crippen LogP contribution in [0.25, 0.3) is 0 Å². The highest BCUT2D eigenvalue weighted by Gasteiger charge is 2.04. The van der Waals surface area contributed by atoms with Crippen LogP contribution in [0.2, 0.25) is 0 Å². The summed E-state index contributed by atoms with van der Waals surface area (Å²) in [5.74, 6) is 3.86. The van der Waals surface area contributed by atoms with E-state index in [4.69, 9.17) is 6.42 Å². The Morgan fingerprint density at radius 2 is 2.38 bits per heavy atom. The molecule has 2 N–H and O–H groups in total. The van der Waals surface area contributed by atoms with Gasteiger partial charge in [0, 0.05) is 17.9 Å². The molecule has 0 bridgehead atoms. The summed E-state index contributed by atoms with van der Waals surface area (Å²) >= 11 is 1.59. The average molecular weight is 235 g/mol. The predicted octanol–water partition coefficient (Wildman–Crippen LogP) is 1.49. The van der Waals surface area contributed by atoms with Crippen molar-refractivity contribution in [2.24, 2.45) is 0 Å². The molecule has 0 radical (unpaired) electrons. The molecule has 0 heterocycles. The van der Waals surface area contributed by atoms with E-state index in [-0.39, 0.29) is 11.7 Å². The topological polar surface area (TPSA) is 49.3 Å². The summed E-state index contributed by atoms with van der Waals surface area (Å²) in [6, 6.07) is 6.25. The zero-order valence-corrected chi connectivity index (χ0v) is 9.59. The van der Waals surface area contributed by atoms with Gasteiger partial charge < -0.3 is 10.4 Å². The molecule has 0 spiro atoms. The van der Waals surface area contributed by atoms with E-state index >= 15 is 0 Å². The number of thioether (sulfide) groups is 1. The molecule has 1 aromatic rings. The highest BCUT2D eigenvalue weighted by Crippen LogP contribution is 2.10. The Kier molecular flexibility index (Phi) is 5.30. The molecule has 16 heavy (non-hydrogen) atoms. The number of hydrogen-bond acceptors (Lipinski definition) is 3. The summed E-state index contributed by atoms with van der Waals surface area (Å²) in [5, 5.41) is 11.9. The van der Waals surface area contributed by atoms with Crippen LogP contribution in [-0.2, 0) is 0 Å². The van der Waals surface area contributed by atoms with E-state index in [0.29, 0.717) is 17.9 Å². The number of terminal acetylenes is 1. The predicted molar refractivity (Wildman–Crippen MR) is 66.6 cm³/mol. The summed E-state index contributed by atoms with van der Waals surface area (Å²) in [6.07, 6.45) is 5.09. The molecule has 0 aromatic heterocycles. The van der Waals surface area contributed by atoms with E-state index in [1.54, 1.807) is 23.9 Å². The summed E-state index contributed by atoms with van der Waals surface area (Å²) in [4.78, 5) is 11.6. The number of hydrogen-bond donors (Lipinski definition) is 2. The highest BCUT2D eigenvalue weighted by atomic mass is 32.2. The molecule has 0 aliphatic rings. The Hall–Kier alpha value is -1.60. The smallest absolute Gasteiger partial charge is 0.251 e. The fourth-order valence-electron chi connectivity index (χ4n) is 1.12. The summed E-state index contributed by atoms with van der Waals surface area (Å²) < 4.78 is 0. The van der Waals surface area contributed by atoms with Gasteiger partial charge in [-0.1, -0.05) is 12.0 Å². The molecule has 4 heteroatoms. The van der Waals surface area contributed by atoms with Crippen LogP contribution in [0.5, 0.6) is 5.75 Å². The minimum atomic E-state index is -0.183. The third-order valence-electron chi connectivity index (χ3n) is 1.83. The monoisotopic (exact) mass is 235 g/mol. The Morgan fingerprint density at radius 3 is 3.06 bits per heavy atom. The molecule has 1 rings (SSSR count). The maximum atomic E-state index is 11.6. The molecule has 1 amide bonds. The van der Waals surface area contributed by atoms with Crippen molar-refractivity contribution in [2.45, 2.75) is 0 Å². The van der Waals surface area contributed by atoms with Crippen LogP contribution in [0, 0.1) is 12.3 Å². The molecule has 0 fully saturated rings. The van der Waals surface area contributed by atoms with E-state index < -0.39 is 0 Å². The Balaban J connectivity index is 2.33. The Labute approximate surface area is 99.2 Å². The highest BCUT2D eigenvalue weighted by molar-refractivity contribution is 7.99. The van der Waals surface area contributed by atoms with Crippen molar-refractivity contribution in [1.29, 1.82) is 0 Å². The minimum absolute atomic E-state index is 0.0920. The van der Waals surface area contributed by atoms with Gasteiger partial charge in [0.05, 0.1) is 5.75 Å². The van der Waals surface area contributed by atoms with Crippen molar-refractivity contribution >= 4 is 17.7 Å². The fourth-order valence-corrected chi connectivity index (χ4v) is 1.63. The van der Waals surface area contributed by atoms with E-state index in [1.807, 2.05) is 0 Å². The van der Waals surface area contributed by atoms with E-state index in [9.17, 15) is 9.90 Å². The lowest BCUT2D eigenvalue weighted by Crippen LogP contribution is -2.25. The molecule has 1 aromatic carbocycles. The first kappa shape index (κ1) is 12.5. The van der Waals surface area contributed by atoms with Crippen LogP contribution in [0.4, 0.5) is 0 Å². The van der Waals surface area contributed by atoms with Crippen molar-refractivity contribution < 1.29 is 9.90 Å². The van der Waals surface area contributed by atoms with E-state index in [1.165, 1.54) is 12.1 Å². The van der Waals surface area contributed by atoms with Crippen molar-refractivity contribution in [3.05, 3.63) is 29.8 Å². The lowest BCUT2D eigenvalue weighted by molar-refractivity contribution is 0.0956. The second-order valence-corrected chi connectivity index (χ2v) is 4.17. The lowest BCUT2D eigenvalue weighted by atomic mass is 10.2. The van der Waals surface area contributed by atoms with Gasteiger partial charge in [0.15, 0.2) is 0 Å². The van der Waals surface area contributed by atoms with Gasteiger partial charge in [0.25, 0.3) is 5.91 Å². The van der Waals surface area contributed by atoms with E-state index in [2.05, 4.69) is 11.2 Å². The second kappa shape index (κ2) is 6.81. The molecule has 0 unspecified atom stereocenters. The van der Waals surface area contributed by atoms with Gasteiger partial charge in [0.2, 0.25) is 0 Å². The number of carbonyl (C=O) groups is 1. The zero-order valence-electron chi connectivity index (χ0n) is 8.77. The Morgan fingerprint density at radius 1 is 1.56 bits per heavy atom. The molecule has 0 saturated carbocycles. The van der Waals surface area contributed by atoms with Gasteiger partial charge in [-0.05, 0) is 18.2 Å². The average Bonchev–Trinajstić information content (AvgIpc) is 2.28. The quantitative estimate of drug-likeness (QED) is 0.600. The summed E-state index contributed by atoms with van der Waals surface area (Å²) in [5.41, 5.74) is 0.460. The molecule has 3 nitrogen and oxygen atoms in total. The zero-order chi connectivity index (χ0) is 11.8. The van der Waals surface area contributed by atoms with Gasteiger partial charge in [-0.25, -0.2) is 0 Å². The number of phenolic OH excluding ortho intramolecular Hbond substituents is 1. The molecule has 0 aliphatic carbocycles. The van der Waals surface area contributed by atoms with Crippen molar-refractivity contribution in [3.63, 3.8) is 0 Å². The maximum absolute atomic E-state index is 11.6. The molecular weight excluding hydrogens is 222 g/mol. The number of rotatable bonds is 5. The van der Waals surface area contributed by atoms with Crippen LogP contribution >= 0.6 is 11.8 Å². The summed E-state index contributed by atoms with van der Waals surface area (Å²) in [6.45, 7) is 0.570. The standard InChI is InChI=1S/C12H13NO2S/c1-2-7-16-8-6-13-12(15)10-4-3-5-11(14)9-10/h1,3-5,9,14H,6-8H2,(H,13,15). The molecular formula is C12H13NO2S. The lowest BCUT2D eigenvalue weighted by Gasteiger charge is -2.04. The van der Waals surface area contributed by atoms with Crippen molar-refractivity contribution in [2.75, 3.05) is 18.1 Å². The van der Waals surface area contributed by atoms with Crippen LogP contribution in [0.15, 0.2) is 24.3 Å². The number of phenols is 1. The van der Waals surface area contributed by atoms with Crippen molar-refractivity contribution in [3.8, 4) is 18.1 Å².